The van der Waals surface area contributed by atoms with Crippen molar-refractivity contribution in [3.63, 3.8) is 0 Å². The normalized spacial score (nSPS) is 11.4. The van der Waals surface area contributed by atoms with E-state index < -0.39 is 0 Å². The molecule has 0 unspecified atom stereocenters. The first-order chi connectivity index (χ1) is 7.63. The topological polar surface area (TPSA) is 27.6 Å². The number of guanidine groups is 1. The molecule has 0 aromatic heterocycles. The number of hydrogen-bond donors (Lipinski definition) is 1. The molecule has 88 valence electrons. The minimum absolute atomic E-state index is 0.194. The van der Waals surface area contributed by atoms with Crippen LogP contribution < -0.4 is 5.32 Å². The predicted octanol–water partition coefficient (Wildman–Crippen LogP) is 1.51. The van der Waals surface area contributed by atoms with Crippen molar-refractivity contribution in [2.75, 3.05) is 27.7 Å². The van der Waals surface area contributed by atoms with Crippen LogP contribution in [-0.4, -0.2) is 38.5 Å². The molecule has 1 N–H and O–H groups in total. The van der Waals surface area contributed by atoms with E-state index in [4.69, 9.17) is 0 Å². The second-order valence-electron chi connectivity index (χ2n) is 3.74. The third-order valence-electron chi connectivity index (χ3n) is 2.25. The molecule has 0 heterocycles. The van der Waals surface area contributed by atoms with Gasteiger partial charge >= 0.3 is 0 Å². The van der Waals surface area contributed by atoms with Crippen LogP contribution in [0.25, 0.3) is 0 Å². The molecule has 0 amide bonds. The van der Waals surface area contributed by atoms with Crippen molar-refractivity contribution in [2.45, 2.75) is 6.42 Å². The summed E-state index contributed by atoms with van der Waals surface area (Å²) in [6.07, 6.45) is 0.854. The zero-order valence-corrected chi connectivity index (χ0v) is 10.00. The molecule has 0 saturated heterocycles. The number of nitrogens with one attached hydrogen (secondary N) is 1. The van der Waals surface area contributed by atoms with E-state index in [9.17, 15) is 4.39 Å². The fourth-order valence-corrected chi connectivity index (χ4v) is 1.41. The van der Waals surface area contributed by atoms with Crippen LogP contribution >= 0.6 is 0 Å². The van der Waals surface area contributed by atoms with E-state index in [0.29, 0.717) is 0 Å². The molecule has 4 heteroatoms. The molecule has 0 spiro atoms. The maximum Gasteiger partial charge on any atom is 0.193 e. The quantitative estimate of drug-likeness (QED) is 0.621. The molecule has 0 aliphatic carbocycles. The maximum absolute atomic E-state index is 12.7. The van der Waals surface area contributed by atoms with Crippen LogP contribution in [-0.2, 0) is 6.42 Å². The summed E-state index contributed by atoms with van der Waals surface area (Å²) in [7, 11) is 5.63. The highest BCUT2D eigenvalue weighted by Gasteiger charge is 1.99. The van der Waals surface area contributed by atoms with Gasteiger partial charge in [-0.2, -0.15) is 0 Å². The van der Waals surface area contributed by atoms with Gasteiger partial charge in [-0.1, -0.05) is 12.1 Å². The Morgan fingerprint density at radius 2 is 1.94 bits per heavy atom. The van der Waals surface area contributed by atoms with Crippen LogP contribution in [0.3, 0.4) is 0 Å². The van der Waals surface area contributed by atoms with Gasteiger partial charge < -0.3 is 10.2 Å². The van der Waals surface area contributed by atoms with Gasteiger partial charge in [0.05, 0.1) is 0 Å². The Kier molecular flexibility index (Phi) is 4.76. The van der Waals surface area contributed by atoms with E-state index >= 15 is 0 Å². The van der Waals surface area contributed by atoms with E-state index in [1.54, 1.807) is 19.2 Å². The monoisotopic (exact) mass is 223 g/mol. The zero-order chi connectivity index (χ0) is 12.0. The summed E-state index contributed by atoms with van der Waals surface area (Å²) in [5, 5.41) is 3.21. The molecule has 0 radical (unpaired) electrons. The molecule has 0 fully saturated rings. The van der Waals surface area contributed by atoms with E-state index in [2.05, 4.69) is 10.3 Å². The number of rotatable bonds is 3. The second-order valence-corrected chi connectivity index (χ2v) is 3.74. The first kappa shape index (κ1) is 12.5. The minimum atomic E-state index is -0.194. The summed E-state index contributed by atoms with van der Waals surface area (Å²) in [6, 6.07) is 6.57. The summed E-state index contributed by atoms with van der Waals surface area (Å²) in [4.78, 5) is 6.03. The minimum Gasteiger partial charge on any atom is -0.356 e. The molecule has 0 saturated carbocycles. The molecule has 1 rings (SSSR count). The highest BCUT2D eigenvalue weighted by molar-refractivity contribution is 5.79. The Bertz CT molecular complexity index is 344. The Hall–Kier alpha value is -1.58. The van der Waals surface area contributed by atoms with Crippen LogP contribution in [0.1, 0.15) is 5.56 Å². The third-order valence-corrected chi connectivity index (χ3v) is 2.25. The number of halogens is 1. The van der Waals surface area contributed by atoms with Gasteiger partial charge in [0.2, 0.25) is 0 Å². The van der Waals surface area contributed by atoms with Crippen LogP contribution in [0.2, 0.25) is 0 Å². The average molecular weight is 223 g/mol. The lowest BCUT2D eigenvalue weighted by atomic mass is 10.1. The van der Waals surface area contributed by atoms with Crippen molar-refractivity contribution in [2.24, 2.45) is 4.99 Å². The lowest BCUT2D eigenvalue weighted by molar-refractivity contribution is 0.583. The van der Waals surface area contributed by atoms with Crippen LogP contribution in [0.4, 0.5) is 4.39 Å². The molecular formula is C12H18FN3. The first-order valence-electron chi connectivity index (χ1n) is 5.26. The molecule has 1 aromatic carbocycles. The molecule has 0 bridgehead atoms. The van der Waals surface area contributed by atoms with Crippen molar-refractivity contribution in [1.82, 2.24) is 10.2 Å². The molecule has 3 nitrogen and oxygen atoms in total. The summed E-state index contributed by atoms with van der Waals surface area (Å²) in [6.45, 7) is 0.788. The van der Waals surface area contributed by atoms with E-state index in [1.165, 1.54) is 12.1 Å². The summed E-state index contributed by atoms with van der Waals surface area (Å²) in [5.41, 5.74) is 1.11. The van der Waals surface area contributed by atoms with Gasteiger partial charge in [-0.25, -0.2) is 4.39 Å². The van der Waals surface area contributed by atoms with Gasteiger partial charge in [0.15, 0.2) is 5.96 Å². The van der Waals surface area contributed by atoms with Gasteiger partial charge in [0, 0.05) is 27.7 Å². The number of hydrogen-bond acceptors (Lipinski definition) is 1. The molecule has 0 aliphatic heterocycles. The second kappa shape index (κ2) is 6.10. The number of benzene rings is 1. The van der Waals surface area contributed by atoms with Crippen molar-refractivity contribution in [3.8, 4) is 0 Å². The van der Waals surface area contributed by atoms with Crippen molar-refractivity contribution in [1.29, 1.82) is 0 Å². The summed E-state index contributed by atoms with van der Waals surface area (Å²) >= 11 is 0. The van der Waals surface area contributed by atoms with Gasteiger partial charge in [0.25, 0.3) is 0 Å². The molecule has 0 aliphatic rings. The number of nitrogens with zero attached hydrogens (tertiary/aromatic N) is 2. The van der Waals surface area contributed by atoms with Crippen molar-refractivity contribution < 1.29 is 4.39 Å². The molecule has 1 aromatic rings. The van der Waals surface area contributed by atoms with E-state index in [0.717, 1.165) is 24.5 Å². The van der Waals surface area contributed by atoms with E-state index in [-0.39, 0.29) is 5.82 Å². The van der Waals surface area contributed by atoms with Gasteiger partial charge in [-0.05, 0) is 24.1 Å². The highest BCUT2D eigenvalue weighted by atomic mass is 19.1. The largest absolute Gasteiger partial charge is 0.356 e. The maximum atomic E-state index is 12.7. The van der Waals surface area contributed by atoms with E-state index in [1.807, 2.05) is 19.0 Å². The van der Waals surface area contributed by atoms with Crippen LogP contribution in [0, 0.1) is 5.82 Å². The smallest absolute Gasteiger partial charge is 0.193 e. The third kappa shape index (κ3) is 3.88. The van der Waals surface area contributed by atoms with Gasteiger partial charge in [0.1, 0.15) is 5.82 Å². The van der Waals surface area contributed by atoms with Crippen LogP contribution in [0.15, 0.2) is 29.3 Å². The standard InChI is InChI=1S/C12H18FN3/c1-14-12(16(2)3)15-9-8-10-4-6-11(13)7-5-10/h4-7H,8-9H2,1-3H3,(H,14,15). The SMILES string of the molecule is CN=C(NCCc1ccc(F)cc1)N(C)C. The Morgan fingerprint density at radius 1 is 1.31 bits per heavy atom. The fourth-order valence-electron chi connectivity index (χ4n) is 1.41. The number of aliphatic imine (C=N–C) groups is 1. The Morgan fingerprint density at radius 3 is 2.44 bits per heavy atom. The van der Waals surface area contributed by atoms with Gasteiger partial charge in [-0.3, -0.25) is 4.99 Å². The zero-order valence-electron chi connectivity index (χ0n) is 10.00. The van der Waals surface area contributed by atoms with Crippen molar-refractivity contribution in [3.05, 3.63) is 35.6 Å². The highest BCUT2D eigenvalue weighted by Crippen LogP contribution is 2.02. The first-order valence-corrected chi connectivity index (χ1v) is 5.26. The lowest BCUT2D eigenvalue weighted by Gasteiger charge is -2.16. The summed E-state index contributed by atoms with van der Waals surface area (Å²) in [5.74, 6) is 0.655. The molecule has 0 atom stereocenters. The lowest BCUT2D eigenvalue weighted by Crippen LogP contribution is -2.37. The molecular weight excluding hydrogens is 205 g/mol. The van der Waals surface area contributed by atoms with Crippen LogP contribution in [0.5, 0.6) is 0 Å². The van der Waals surface area contributed by atoms with Gasteiger partial charge in [-0.15, -0.1) is 0 Å². The predicted molar refractivity (Wildman–Crippen MR) is 65.2 cm³/mol. The molecule has 16 heavy (non-hydrogen) atoms. The average Bonchev–Trinajstić information content (AvgIpc) is 2.26. The Labute approximate surface area is 96.0 Å². The fraction of sp³-hybridized carbons (Fsp3) is 0.417. The summed E-state index contributed by atoms with van der Waals surface area (Å²) < 4.78 is 12.7. The Balaban J connectivity index is 2.38. The van der Waals surface area contributed by atoms with Crippen molar-refractivity contribution >= 4 is 5.96 Å².